The van der Waals surface area contributed by atoms with Gasteiger partial charge in [-0.3, -0.25) is 0 Å². The van der Waals surface area contributed by atoms with Crippen LogP contribution in [0.4, 0.5) is 19.1 Å². The summed E-state index contributed by atoms with van der Waals surface area (Å²) in [7, 11) is 0. The highest BCUT2D eigenvalue weighted by Gasteiger charge is 2.33. The second kappa shape index (κ2) is 5.34. The van der Waals surface area contributed by atoms with E-state index in [1.807, 2.05) is 0 Å². The molecule has 3 nitrogen and oxygen atoms in total. The topological polar surface area (TPSA) is 37.8 Å². The minimum absolute atomic E-state index is 0.0446. The van der Waals surface area contributed by atoms with Crippen LogP contribution in [0.1, 0.15) is 12.6 Å². The number of nitrogens with zero attached hydrogens (tertiary/aromatic N) is 2. The van der Waals surface area contributed by atoms with Gasteiger partial charge in [0, 0.05) is 6.54 Å². The van der Waals surface area contributed by atoms with Gasteiger partial charge in [-0.15, -0.1) is 11.3 Å². The maximum Gasteiger partial charge on any atom is 0.433 e. The second-order valence-corrected chi connectivity index (χ2v) is 5.31. The zero-order valence-corrected chi connectivity index (χ0v) is 11.3. The van der Waals surface area contributed by atoms with Gasteiger partial charge in [-0.1, -0.05) is 11.6 Å². The Morgan fingerprint density at radius 1 is 1.32 bits per heavy atom. The van der Waals surface area contributed by atoms with E-state index in [-0.39, 0.29) is 11.6 Å². The number of thiophene rings is 1. The van der Waals surface area contributed by atoms with Crippen LogP contribution in [0.3, 0.4) is 0 Å². The molecule has 0 fully saturated rings. The van der Waals surface area contributed by atoms with Crippen molar-refractivity contribution in [2.45, 2.75) is 13.1 Å². The van der Waals surface area contributed by atoms with Crippen LogP contribution in [0.5, 0.6) is 0 Å². The highest BCUT2D eigenvalue weighted by molar-refractivity contribution is 7.19. The van der Waals surface area contributed by atoms with Crippen molar-refractivity contribution >= 4 is 28.9 Å². The van der Waals surface area contributed by atoms with Crippen LogP contribution in [-0.2, 0) is 6.18 Å². The minimum Gasteiger partial charge on any atom is -0.354 e. The third-order valence-corrected chi connectivity index (χ3v) is 3.43. The van der Waals surface area contributed by atoms with E-state index in [4.69, 9.17) is 11.6 Å². The van der Waals surface area contributed by atoms with Gasteiger partial charge in [-0.25, -0.2) is 9.97 Å². The van der Waals surface area contributed by atoms with Gasteiger partial charge in [0.25, 0.3) is 0 Å². The normalized spacial score (nSPS) is 11.6. The SMILES string of the molecule is CCNc1nc(-c2ccc(Cl)s2)cc(C(F)(F)F)n1. The molecule has 0 aliphatic heterocycles. The van der Waals surface area contributed by atoms with E-state index < -0.39 is 11.9 Å². The minimum atomic E-state index is -4.51. The van der Waals surface area contributed by atoms with Crippen LogP contribution in [0.2, 0.25) is 4.34 Å². The van der Waals surface area contributed by atoms with Crippen LogP contribution < -0.4 is 5.32 Å². The summed E-state index contributed by atoms with van der Waals surface area (Å²) in [5, 5.41) is 2.69. The first-order chi connectivity index (χ1) is 8.90. The zero-order chi connectivity index (χ0) is 14.0. The zero-order valence-electron chi connectivity index (χ0n) is 9.75. The smallest absolute Gasteiger partial charge is 0.354 e. The van der Waals surface area contributed by atoms with Gasteiger partial charge in [-0.05, 0) is 25.1 Å². The molecular weight excluding hydrogens is 299 g/mol. The number of halogens is 4. The van der Waals surface area contributed by atoms with Crippen molar-refractivity contribution in [3.8, 4) is 10.6 Å². The lowest BCUT2D eigenvalue weighted by molar-refractivity contribution is -0.141. The van der Waals surface area contributed by atoms with Crippen LogP contribution in [0.15, 0.2) is 18.2 Å². The van der Waals surface area contributed by atoms with Crippen molar-refractivity contribution in [3.63, 3.8) is 0 Å². The number of aromatic nitrogens is 2. The summed E-state index contributed by atoms with van der Waals surface area (Å²) in [6.45, 7) is 2.19. The Balaban J connectivity index is 2.51. The van der Waals surface area contributed by atoms with Crippen LogP contribution in [0, 0.1) is 0 Å². The quantitative estimate of drug-likeness (QED) is 0.918. The summed E-state index contributed by atoms with van der Waals surface area (Å²) < 4.78 is 38.8. The average Bonchev–Trinajstić information content (AvgIpc) is 2.75. The molecule has 0 atom stereocenters. The molecule has 0 aromatic carbocycles. The Bertz CT molecular complexity index is 583. The van der Waals surface area contributed by atoms with E-state index >= 15 is 0 Å². The third kappa shape index (κ3) is 3.36. The van der Waals surface area contributed by atoms with Crippen molar-refractivity contribution in [1.29, 1.82) is 0 Å². The van der Waals surface area contributed by atoms with Crippen LogP contribution >= 0.6 is 22.9 Å². The fourth-order valence-electron chi connectivity index (χ4n) is 1.41. The van der Waals surface area contributed by atoms with E-state index in [0.717, 1.165) is 6.07 Å². The highest BCUT2D eigenvalue weighted by atomic mass is 35.5. The number of alkyl halides is 3. The number of nitrogens with one attached hydrogen (secondary N) is 1. The molecule has 0 aliphatic rings. The molecule has 2 aromatic rings. The molecule has 0 amide bonds. The molecule has 102 valence electrons. The Morgan fingerprint density at radius 3 is 2.58 bits per heavy atom. The lowest BCUT2D eigenvalue weighted by Gasteiger charge is -2.10. The van der Waals surface area contributed by atoms with Crippen LogP contribution in [-0.4, -0.2) is 16.5 Å². The Labute approximate surface area is 116 Å². The lowest BCUT2D eigenvalue weighted by atomic mass is 10.3. The Morgan fingerprint density at radius 2 is 2.05 bits per heavy atom. The molecule has 19 heavy (non-hydrogen) atoms. The van der Waals surface area contributed by atoms with Gasteiger partial charge in [-0.2, -0.15) is 13.2 Å². The molecule has 2 rings (SSSR count). The summed E-state index contributed by atoms with van der Waals surface area (Å²) in [6.07, 6.45) is -4.51. The molecule has 0 spiro atoms. The van der Waals surface area contributed by atoms with Crippen molar-refractivity contribution < 1.29 is 13.2 Å². The van der Waals surface area contributed by atoms with Crippen molar-refractivity contribution in [2.24, 2.45) is 0 Å². The van der Waals surface area contributed by atoms with Crippen LogP contribution in [0.25, 0.3) is 10.6 Å². The predicted octanol–water partition coefficient (Wildman–Crippen LogP) is 4.31. The largest absolute Gasteiger partial charge is 0.433 e. The molecule has 0 radical (unpaired) electrons. The van der Waals surface area contributed by atoms with E-state index in [1.165, 1.54) is 11.3 Å². The average molecular weight is 308 g/mol. The van der Waals surface area contributed by atoms with Gasteiger partial charge in [0.2, 0.25) is 5.95 Å². The highest BCUT2D eigenvalue weighted by Crippen LogP contribution is 2.34. The fraction of sp³-hybridized carbons (Fsp3) is 0.273. The molecular formula is C11H9ClF3N3S. The van der Waals surface area contributed by atoms with E-state index in [0.29, 0.717) is 15.8 Å². The van der Waals surface area contributed by atoms with Gasteiger partial charge in [0.05, 0.1) is 14.9 Å². The van der Waals surface area contributed by atoms with Gasteiger partial charge in [0.15, 0.2) is 5.69 Å². The first-order valence-electron chi connectivity index (χ1n) is 5.36. The first-order valence-corrected chi connectivity index (χ1v) is 6.55. The maximum absolute atomic E-state index is 12.8. The first kappa shape index (κ1) is 14.1. The number of anilines is 1. The summed E-state index contributed by atoms with van der Waals surface area (Å²) in [4.78, 5) is 8.07. The summed E-state index contributed by atoms with van der Waals surface area (Å²) in [5.74, 6) is -0.0446. The second-order valence-electron chi connectivity index (χ2n) is 3.59. The summed E-state index contributed by atoms with van der Waals surface area (Å²) >= 11 is 6.95. The Kier molecular flexibility index (Phi) is 3.96. The molecule has 0 saturated heterocycles. The third-order valence-electron chi connectivity index (χ3n) is 2.18. The molecule has 8 heteroatoms. The number of hydrogen-bond donors (Lipinski definition) is 1. The monoisotopic (exact) mass is 307 g/mol. The summed E-state index contributed by atoms with van der Waals surface area (Å²) in [5.41, 5.74) is -0.770. The number of rotatable bonds is 3. The van der Waals surface area contributed by atoms with Crippen molar-refractivity contribution in [1.82, 2.24) is 9.97 Å². The fourth-order valence-corrected chi connectivity index (χ4v) is 2.41. The van der Waals surface area contributed by atoms with Gasteiger partial charge in [0.1, 0.15) is 0 Å². The van der Waals surface area contributed by atoms with Gasteiger partial charge < -0.3 is 5.32 Å². The van der Waals surface area contributed by atoms with Crippen molar-refractivity contribution in [3.05, 3.63) is 28.2 Å². The molecule has 1 N–H and O–H groups in total. The van der Waals surface area contributed by atoms with Crippen molar-refractivity contribution in [2.75, 3.05) is 11.9 Å². The Hall–Kier alpha value is -1.34. The van der Waals surface area contributed by atoms with E-state index in [1.54, 1.807) is 19.1 Å². The lowest BCUT2D eigenvalue weighted by Crippen LogP contribution is -2.12. The summed E-state index contributed by atoms with van der Waals surface area (Å²) in [6, 6.07) is 4.16. The molecule has 2 heterocycles. The molecule has 0 aliphatic carbocycles. The molecule has 2 aromatic heterocycles. The van der Waals surface area contributed by atoms with E-state index in [9.17, 15) is 13.2 Å². The molecule has 0 bridgehead atoms. The maximum atomic E-state index is 12.8. The molecule has 0 unspecified atom stereocenters. The van der Waals surface area contributed by atoms with Gasteiger partial charge >= 0.3 is 6.18 Å². The predicted molar refractivity (Wildman–Crippen MR) is 69.5 cm³/mol. The standard InChI is InChI=1S/C11H9ClF3N3S/c1-2-16-10-17-6(7-3-4-9(12)19-7)5-8(18-10)11(13,14)15/h3-5H,2H2,1H3,(H,16,17,18). The number of hydrogen-bond acceptors (Lipinski definition) is 4. The molecule has 0 saturated carbocycles. The van der Waals surface area contributed by atoms with E-state index in [2.05, 4.69) is 15.3 Å².